The second kappa shape index (κ2) is 8.32. The second-order valence-corrected chi connectivity index (χ2v) is 5.73. The summed E-state index contributed by atoms with van der Waals surface area (Å²) in [7, 11) is 0. The Balaban J connectivity index is 1.99. The van der Waals surface area contributed by atoms with Crippen LogP contribution in [0, 0.1) is 0 Å². The molecule has 0 saturated heterocycles. The number of benzene rings is 2. The molecule has 0 unspecified atom stereocenters. The van der Waals surface area contributed by atoms with E-state index in [1.807, 2.05) is 0 Å². The molecule has 2 rings (SSSR count). The first-order valence-corrected chi connectivity index (χ1v) is 7.85. The van der Waals surface area contributed by atoms with E-state index in [9.17, 15) is 35.9 Å². The molecule has 0 bridgehead atoms. The number of alkyl halides is 6. The zero-order valence-corrected chi connectivity index (χ0v) is 14.1. The van der Waals surface area contributed by atoms with Crippen molar-refractivity contribution in [2.45, 2.75) is 12.4 Å². The molecule has 0 radical (unpaired) electrons. The monoisotopic (exact) mass is 404 g/mol. The molecule has 0 aromatic heterocycles. The Morgan fingerprint density at radius 3 is 2.04 bits per heavy atom. The fourth-order valence-corrected chi connectivity index (χ4v) is 2.21. The van der Waals surface area contributed by atoms with Gasteiger partial charge in [-0.25, -0.2) is 0 Å². The van der Waals surface area contributed by atoms with Gasteiger partial charge in [0.15, 0.2) is 0 Å². The number of carbonyl (C=O) groups is 2. The van der Waals surface area contributed by atoms with Crippen LogP contribution in [0.25, 0.3) is 11.1 Å². The molecule has 0 saturated carbocycles. The molecule has 0 fully saturated rings. The van der Waals surface area contributed by atoms with Crippen LogP contribution in [0.4, 0.5) is 26.3 Å². The summed E-state index contributed by atoms with van der Waals surface area (Å²) in [5, 5.41) is 3.76. The van der Waals surface area contributed by atoms with Crippen molar-refractivity contribution in [3.8, 4) is 11.1 Å². The zero-order valence-electron chi connectivity index (χ0n) is 14.1. The lowest BCUT2D eigenvalue weighted by Crippen LogP contribution is -2.40. The molecular weight excluding hydrogens is 390 g/mol. The highest BCUT2D eigenvalue weighted by molar-refractivity contribution is 5.96. The predicted molar refractivity (Wildman–Crippen MR) is 88.3 cm³/mol. The predicted octanol–water partition coefficient (Wildman–Crippen LogP) is 3.78. The fourth-order valence-electron chi connectivity index (χ4n) is 2.21. The normalized spacial score (nSPS) is 11.8. The van der Waals surface area contributed by atoms with Gasteiger partial charge in [0, 0.05) is 5.56 Å². The summed E-state index contributed by atoms with van der Waals surface area (Å²) < 4.78 is 74.3. The van der Waals surface area contributed by atoms with Crippen LogP contribution in [0.2, 0.25) is 0 Å². The van der Waals surface area contributed by atoms with E-state index < -0.39 is 42.8 Å². The highest BCUT2D eigenvalue weighted by Gasteiger charge is 2.30. The molecule has 10 heteroatoms. The first-order valence-electron chi connectivity index (χ1n) is 7.85. The first-order chi connectivity index (χ1) is 13.0. The van der Waals surface area contributed by atoms with Gasteiger partial charge in [-0.2, -0.15) is 26.3 Å². The third-order valence-electron chi connectivity index (χ3n) is 3.57. The molecule has 0 atom stereocenters. The molecule has 28 heavy (non-hydrogen) atoms. The van der Waals surface area contributed by atoms with Crippen LogP contribution in [0.1, 0.15) is 15.9 Å². The molecule has 2 aromatic carbocycles. The number of carbonyl (C=O) groups excluding carboxylic acids is 2. The maximum atomic E-state index is 12.8. The van der Waals surface area contributed by atoms with Crippen molar-refractivity contribution in [3.05, 3.63) is 59.7 Å². The fraction of sp³-hybridized carbons (Fsp3) is 0.222. The Morgan fingerprint density at radius 2 is 1.46 bits per heavy atom. The van der Waals surface area contributed by atoms with Crippen molar-refractivity contribution < 1.29 is 35.9 Å². The second-order valence-electron chi connectivity index (χ2n) is 5.73. The summed E-state index contributed by atoms with van der Waals surface area (Å²) in [5.74, 6) is -1.72. The van der Waals surface area contributed by atoms with Crippen molar-refractivity contribution in [2.24, 2.45) is 0 Å². The Bertz CT molecular complexity index is 844. The molecule has 0 spiro atoms. The Hall–Kier alpha value is -3.04. The zero-order chi connectivity index (χ0) is 20.9. The first kappa shape index (κ1) is 21.3. The number of halogens is 6. The van der Waals surface area contributed by atoms with E-state index in [0.717, 1.165) is 12.1 Å². The SMILES string of the molecule is O=C(CNC(=O)c1ccc(-c2cccc(C(F)(F)F)c2)cc1)NCC(F)(F)F. The van der Waals surface area contributed by atoms with E-state index in [1.54, 1.807) is 5.32 Å². The minimum absolute atomic E-state index is 0.0966. The van der Waals surface area contributed by atoms with Crippen LogP contribution < -0.4 is 10.6 Å². The maximum absolute atomic E-state index is 12.8. The summed E-state index contributed by atoms with van der Waals surface area (Å²) >= 11 is 0. The standard InChI is InChI=1S/C18H14F6N2O2/c19-17(20,21)10-26-15(27)9-25-16(28)12-6-4-11(5-7-12)13-2-1-3-14(8-13)18(22,23)24/h1-8H,9-10H2,(H,25,28)(H,26,27). The lowest BCUT2D eigenvalue weighted by molar-refractivity contribution is -0.137. The molecule has 150 valence electrons. The minimum Gasteiger partial charge on any atom is -0.345 e. The quantitative estimate of drug-likeness (QED) is 0.746. The van der Waals surface area contributed by atoms with E-state index in [2.05, 4.69) is 5.32 Å². The van der Waals surface area contributed by atoms with E-state index in [0.29, 0.717) is 11.1 Å². The van der Waals surface area contributed by atoms with E-state index in [1.165, 1.54) is 36.4 Å². The van der Waals surface area contributed by atoms with Gasteiger partial charge in [0.1, 0.15) is 6.54 Å². The molecule has 4 nitrogen and oxygen atoms in total. The van der Waals surface area contributed by atoms with Gasteiger partial charge in [0.2, 0.25) is 5.91 Å². The average molecular weight is 404 g/mol. The highest BCUT2D eigenvalue weighted by atomic mass is 19.4. The van der Waals surface area contributed by atoms with Gasteiger partial charge in [-0.3, -0.25) is 9.59 Å². The third-order valence-corrected chi connectivity index (χ3v) is 3.57. The Labute approximate surface area is 155 Å². The van der Waals surface area contributed by atoms with E-state index in [-0.39, 0.29) is 5.56 Å². The Morgan fingerprint density at radius 1 is 0.821 bits per heavy atom. The lowest BCUT2D eigenvalue weighted by atomic mass is 10.0. The Kier molecular flexibility index (Phi) is 6.32. The van der Waals surface area contributed by atoms with Crippen LogP contribution >= 0.6 is 0 Å². The number of nitrogens with one attached hydrogen (secondary N) is 2. The number of hydrogen-bond donors (Lipinski definition) is 2. The number of hydrogen-bond acceptors (Lipinski definition) is 2. The smallest absolute Gasteiger partial charge is 0.345 e. The van der Waals surface area contributed by atoms with Crippen LogP contribution in [0.15, 0.2) is 48.5 Å². The maximum Gasteiger partial charge on any atom is 0.416 e. The summed E-state index contributed by atoms with van der Waals surface area (Å²) in [6.45, 7) is -2.16. The van der Waals surface area contributed by atoms with Gasteiger partial charge in [0.05, 0.1) is 12.1 Å². The van der Waals surface area contributed by atoms with Crippen molar-refractivity contribution >= 4 is 11.8 Å². The van der Waals surface area contributed by atoms with Crippen LogP contribution in [0.5, 0.6) is 0 Å². The van der Waals surface area contributed by atoms with Crippen LogP contribution in [0.3, 0.4) is 0 Å². The molecule has 2 amide bonds. The van der Waals surface area contributed by atoms with Gasteiger partial charge >= 0.3 is 12.4 Å². The van der Waals surface area contributed by atoms with E-state index >= 15 is 0 Å². The molecule has 0 aliphatic carbocycles. The van der Waals surface area contributed by atoms with Gasteiger partial charge < -0.3 is 10.6 Å². The topological polar surface area (TPSA) is 58.2 Å². The minimum atomic E-state index is -4.56. The molecule has 0 aliphatic heterocycles. The molecule has 2 N–H and O–H groups in total. The number of rotatable bonds is 5. The average Bonchev–Trinajstić information content (AvgIpc) is 2.63. The van der Waals surface area contributed by atoms with Crippen molar-refractivity contribution in [1.82, 2.24) is 10.6 Å². The van der Waals surface area contributed by atoms with Crippen LogP contribution in [-0.2, 0) is 11.0 Å². The van der Waals surface area contributed by atoms with Gasteiger partial charge in [-0.15, -0.1) is 0 Å². The van der Waals surface area contributed by atoms with Gasteiger partial charge in [-0.05, 0) is 35.4 Å². The highest BCUT2D eigenvalue weighted by Crippen LogP contribution is 2.32. The summed E-state index contributed by atoms with van der Waals surface area (Å²) in [6.07, 6.45) is -9.04. The summed E-state index contributed by atoms with van der Waals surface area (Å²) in [4.78, 5) is 23.2. The van der Waals surface area contributed by atoms with Crippen molar-refractivity contribution in [1.29, 1.82) is 0 Å². The molecule has 0 heterocycles. The summed E-state index contributed by atoms with van der Waals surface area (Å²) in [6, 6.07) is 10.2. The third kappa shape index (κ3) is 6.29. The molecular formula is C18H14F6N2O2. The van der Waals surface area contributed by atoms with E-state index in [4.69, 9.17) is 0 Å². The van der Waals surface area contributed by atoms with Gasteiger partial charge in [-0.1, -0.05) is 24.3 Å². The lowest BCUT2D eigenvalue weighted by Gasteiger charge is -2.10. The molecule has 2 aromatic rings. The largest absolute Gasteiger partial charge is 0.416 e. The van der Waals surface area contributed by atoms with Crippen LogP contribution in [-0.4, -0.2) is 31.1 Å². The van der Waals surface area contributed by atoms with Gasteiger partial charge in [0.25, 0.3) is 5.91 Å². The number of amides is 2. The molecule has 0 aliphatic rings. The van der Waals surface area contributed by atoms with Crippen molar-refractivity contribution in [3.63, 3.8) is 0 Å². The summed E-state index contributed by atoms with van der Waals surface area (Å²) in [5.41, 5.74) is 0.0231. The van der Waals surface area contributed by atoms with Crippen molar-refractivity contribution in [2.75, 3.05) is 13.1 Å².